The van der Waals surface area contributed by atoms with Crippen LogP contribution in [-0.4, -0.2) is 67.6 Å². The zero-order chi connectivity index (χ0) is 24.1. The summed E-state index contributed by atoms with van der Waals surface area (Å²) in [6.07, 6.45) is 0. The lowest BCUT2D eigenvalue weighted by Crippen LogP contribution is -2.57. The largest absolute Gasteiger partial charge is 0.495 e. The number of esters is 1. The van der Waals surface area contributed by atoms with E-state index in [1.807, 2.05) is 26.0 Å². The maximum atomic E-state index is 13.0. The molecule has 0 aromatic heterocycles. The molecule has 2 unspecified atom stereocenters. The number of ether oxygens (including phenoxy) is 2. The molecule has 0 spiro atoms. The first-order valence-corrected chi connectivity index (χ1v) is 10.6. The molecule has 1 heterocycles. The Kier molecular flexibility index (Phi) is 7.49. The van der Waals surface area contributed by atoms with Crippen LogP contribution < -0.4 is 15.0 Å². The van der Waals surface area contributed by atoms with Crippen molar-refractivity contribution in [2.24, 2.45) is 0 Å². The highest BCUT2D eigenvalue weighted by atomic mass is 16.6. The molecule has 10 nitrogen and oxygen atoms in total. The molecule has 1 amide bonds. The number of hydrogen-bond donors (Lipinski definition) is 1. The number of methoxy groups -OCH3 is 2. The van der Waals surface area contributed by atoms with Crippen molar-refractivity contribution in [3.63, 3.8) is 0 Å². The Morgan fingerprint density at radius 1 is 1.15 bits per heavy atom. The standard InChI is InChI=1S/C23H28N4O6/c1-15-14-25(18-7-5-17(6-8-18)23(29)33-4)11-12-26(15)16(2)22(28)24-20-13-19(27(30)31)9-10-21(20)32-3/h5-10,13,15-16H,11-12,14H2,1-4H3,(H,24,28). The minimum absolute atomic E-state index is 0.0757. The topological polar surface area (TPSA) is 114 Å². The number of nitro groups is 1. The van der Waals surface area contributed by atoms with Gasteiger partial charge >= 0.3 is 5.97 Å². The number of non-ortho nitro benzene ring substituents is 1. The smallest absolute Gasteiger partial charge is 0.337 e. The van der Waals surface area contributed by atoms with Crippen LogP contribution in [0.2, 0.25) is 0 Å². The molecule has 0 aliphatic carbocycles. The van der Waals surface area contributed by atoms with Crippen LogP contribution in [0.25, 0.3) is 0 Å². The van der Waals surface area contributed by atoms with E-state index in [0.717, 1.165) is 5.69 Å². The molecule has 1 saturated heterocycles. The number of piperazine rings is 1. The van der Waals surface area contributed by atoms with Gasteiger partial charge < -0.3 is 19.7 Å². The molecule has 1 fully saturated rings. The second kappa shape index (κ2) is 10.3. The maximum absolute atomic E-state index is 13.0. The normalized spacial score (nSPS) is 17.2. The van der Waals surface area contributed by atoms with Crippen LogP contribution in [-0.2, 0) is 9.53 Å². The third-order valence-corrected chi connectivity index (χ3v) is 5.86. The number of carbonyl (C=O) groups is 2. The van der Waals surface area contributed by atoms with E-state index in [0.29, 0.717) is 30.9 Å². The molecule has 2 atom stereocenters. The van der Waals surface area contributed by atoms with Gasteiger partial charge in [-0.2, -0.15) is 0 Å². The van der Waals surface area contributed by atoms with Crippen LogP contribution >= 0.6 is 0 Å². The lowest BCUT2D eigenvalue weighted by Gasteiger charge is -2.43. The molecular formula is C23H28N4O6. The first-order valence-electron chi connectivity index (χ1n) is 10.6. The number of rotatable bonds is 7. The lowest BCUT2D eigenvalue weighted by atomic mass is 10.1. The van der Waals surface area contributed by atoms with Crippen molar-refractivity contribution in [3.05, 3.63) is 58.1 Å². The summed E-state index contributed by atoms with van der Waals surface area (Å²) in [4.78, 5) is 39.5. The van der Waals surface area contributed by atoms with Crippen molar-refractivity contribution >= 4 is 28.9 Å². The summed E-state index contributed by atoms with van der Waals surface area (Å²) in [5.74, 6) is -0.286. The Morgan fingerprint density at radius 2 is 1.85 bits per heavy atom. The van der Waals surface area contributed by atoms with Crippen LogP contribution in [0.3, 0.4) is 0 Å². The number of anilines is 2. The van der Waals surface area contributed by atoms with Crippen LogP contribution in [0.1, 0.15) is 24.2 Å². The van der Waals surface area contributed by atoms with Gasteiger partial charge in [-0.3, -0.25) is 19.8 Å². The summed E-state index contributed by atoms with van der Waals surface area (Å²) < 4.78 is 9.97. The Morgan fingerprint density at radius 3 is 2.42 bits per heavy atom. The number of amides is 1. The molecule has 176 valence electrons. The molecule has 2 aromatic carbocycles. The average molecular weight is 456 g/mol. The molecule has 1 aliphatic heterocycles. The van der Waals surface area contributed by atoms with Gasteiger partial charge in [0, 0.05) is 43.5 Å². The van der Waals surface area contributed by atoms with Crippen molar-refractivity contribution in [3.8, 4) is 5.75 Å². The Labute approximate surface area is 192 Å². The van der Waals surface area contributed by atoms with Crippen molar-refractivity contribution in [2.75, 3.05) is 44.1 Å². The van der Waals surface area contributed by atoms with Crippen molar-refractivity contribution in [2.45, 2.75) is 25.9 Å². The minimum Gasteiger partial charge on any atom is -0.495 e. The molecular weight excluding hydrogens is 428 g/mol. The summed E-state index contributed by atoms with van der Waals surface area (Å²) in [5, 5.41) is 13.9. The summed E-state index contributed by atoms with van der Waals surface area (Å²) in [7, 11) is 2.79. The average Bonchev–Trinajstić information content (AvgIpc) is 2.83. The minimum atomic E-state index is -0.516. The van der Waals surface area contributed by atoms with Gasteiger partial charge in [0.25, 0.3) is 5.69 Å². The number of carbonyl (C=O) groups excluding carboxylic acids is 2. The molecule has 10 heteroatoms. The zero-order valence-electron chi connectivity index (χ0n) is 19.1. The van der Waals surface area contributed by atoms with E-state index < -0.39 is 11.0 Å². The number of nitro benzene ring substituents is 1. The predicted octanol–water partition coefficient (Wildman–Crippen LogP) is 2.93. The SMILES string of the molecule is COC(=O)c1ccc(N2CCN(C(C)C(=O)Nc3cc([N+](=O)[O-])ccc3OC)C(C)C2)cc1. The van der Waals surface area contributed by atoms with Gasteiger partial charge in [0.1, 0.15) is 5.75 Å². The summed E-state index contributed by atoms with van der Waals surface area (Å²) in [6.45, 7) is 5.93. The first kappa shape index (κ1) is 24.0. The molecule has 3 rings (SSSR count). The highest BCUT2D eigenvalue weighted by molar-refractivity contribution is 5.96. The highest BCUT2D eigenvalue weighted by Gasteiger charge is 2.31. The molecule has 1 aliphatic rings. The number of nitrogens with one attached hydrogen (secondary N) is 1. The fourth-order valence-electron chi connectivity index (χ4n) is 4.00. The van der Waals surface area contributed by atoms with E-state index in [1.54, 1.807) is 12.1 Å². The number of hydrogen-bond acceptors (Lipinski definition) is 8. The fraction of sp³-hybridized carbons (Fsp3) is 0.391. The van der Waals surface area contributed by atoms with E-state index in [-0.39, 0.29) is 29.3 Å². The Hall–Kier alpha value is -3.66. The third-order valence-electron chi connectivity index (χ3n) is 5.86. The monoisotopic (exact) mass is 456 g/mol. The quantitative estimate of drug-likeness (QED) is 0.384. The predicted molar refractivity (Wildman–Crippen MR) is 124 cm³/mol. The second-order valence-corrected chi connectivity index (χ2v) is 7.88. The molecule has 0 bridgehead atoms. The van der Waals surface area contributed by atoms with Gasteiger partial charge in [-0.15, -0.1) is 0 Å². The summed E-state index contributed by atoms with van der Waals surface area (Å²) in [5.41, 5.74) is 1.63. The van der Waals surface area contributed by atoms with Gasteiger partial charge in [-0.05, 0) is 44.2 Å². The Balaban J connectivity index is 1.65. The van der Waals surface area contributed by atoms with Crippen LogP contribution in [0.4, 0.5) is 17.1 Å². The zero-order valence-corrected chi connectivity index (χ0v) is 19.1. The molecule has 0 saturated carbocycles. The first-order chi connectivity index (χ1) is 15.7. The lowest BCUT2D eigenvalue weighted by molar-refractivity contribution is -0.384. The second-order valence-electron chi connectivity index (χ2n) is 7.88. The van der Waals surface area contributed by atoms with E-state index >= 15 is 0 Å². The van der Waals surface area contributed by atoms with Crippen molar-refractivity contribution < 1.29 is 24.0 Å². The van der Waals surface area contributed by atoms with Crippen molar-refractivity contribution in [1.82, 2.24) is 4.90 Å². The van der Waals surface area contributed by atoms with E-state index in [9.17, 15) is 19.7 Å². The summed E-state index contributed by atoms with van der Waals surface area (Å²) >= 11 is 0. The van der Waals surface area contributed by atoms with Crippen LogP contribution in [0.15, 0.2) is 42.5 Å². The van der Waals surface area contributed by atoms with E-state index in [4.69, 9.17) is 9.47 Å². The highest BCUT2D eigenvalue weighted by Crippen LogP contribution is 2.29. The van der Waals surface area contributed by atoms with Gasteiger partial charge in [0.05, 0.1) is 36.4 Å². The molecule has 2 aromatic rings. The maximum Gasteiger partial charge on any atom is 0.337 e. The van der Waals surface area contributed by atoms with Crippen molar-refractivity contribution in [1.29, 1.82) is 0 Å². The fourth-order valence-corrected chi connectivity index (χ4v) is 4.00. The van der Waals surface area contributed by atoms with Gasteiger partial charge in [-0.1, -0.05) is 0 Å². The number of nitrogens with zero attached hydrogens (tertiary/aromatic N) is 3. The molecule has 1 N–H and O–H groups in total. The summed E-state index contributed by atoms with van der Waals surface area (Å²) in [6, 6.07) is 11.0. The molecule has 0 radical (unpaired) electrons. The molecule has 33 heavy (non-hydrogen) atoms. The third kappa shape index (κ3) is 5.40. The van der Waals surface area contributed by atoms with Crippen LogP contribution in [0, 0.1) is 10.1 Å². The van der Waals surface area contributed by atoms with E-state index in [1.165, 1.54) is 32.4 Å². The van der Waals surface area contributed by atoms with Gasteiger partial charge in [-0.25, -0.2) is 4.79 Å². The van der Waals surface area contributed by atoms with Gasteiger partial charge in [0.2, 0.25) is 5.91 Å². The van der Waals surface area contributed by atoms with E-state index in [2.05, 4.69) is 15.1 Å². The van der Waals surface area contributed by atoms with Gasteiger partial charge in [0.15, 0.2) is 0 Å². The Bertz CT molecular complexity index is 1030. The number of benzene rings is 2. The van der Waals surface area contributed by atoms with Crippen LogP contribution in [0.5, 0.6) is 5.75 Å².